The Morgan fingerprint density at radius 1 is 1.42 bits per heavy atom. The summed E-state index contributed by atoms with van der Waals surface area (Å²) < 4.78 is 4.93. The third-order valence-electron chi connectivity index (χ3n) is 3.98. The summed E-state index contributed by atoms with van der Waals surface area (Å²) in [7, 11) is 3.15. The Hall–Kier alpha value is -2.41. The van der Waals surface area contributed by atoms with E-state index in [-0.39, 0.29) is 5.91 Å². The third kappa shape index (κ3) is 3.56. The van der Waals surface area contributed by atoms with Crippen molar-refractivity contribution in [2.45, 2.75) is 26.3 Å². The fraction of sp³-hybridized carbons (Fsp3) is 0.353. The van der Waals surface area contributed by atoms with Gasteiger partial charge in [-0.05, 0) is 36.8 Å². The number of nitrogens with one attached hydrogen (secondary N) is 2. The number of amides is 1. The molecular formula is C17H21N3O3S. The summed E-state index contributed by atoms with van der Waals surface area (Å²) in [5.41, 5.74) is 2.72. The number of carbonyl (C=O) groups excluding carboxylic acids is 2. The van der Waals surface area contributed by atoms with Gasteiger partial charge in [0, 0.05) is 24.9 Å². The molecule has 1 aromatic rings. The van der Waals surface area contributed by atoms with Crippen molar-refractivity contribution < 1.29 is 14.3 Å². The molecule has 1 aliphatic heterocycles. The smallest absolute Gasteiger partial charge is 0.337 e. The first-order valence-electron chi connectivity index (χ1n) is 7.62. The molecule has 0 saturated heterocycles. The van der Waals surface area contributed by atoms with Gasteiger partial charge in [-0.15, -0.1) is 0 Å². The van der Waals surface area contributed by atoms with Gasteiger partial charge < -0.3 is 20.3 Å². The van der Waals surface area contributed by atoms with Crippen molar-refractivity contribution in [3.63, 3.8) is 0 Å². The lowest BCUT2D eigenvalue weighted by Gasteiger charge is -2.35. The zero-order valence-corrected chi connectivity index (χ0v) is 15.0. The molecule has 0 bridgehead atoms. The van der Waals surface area contributed by atoms with Crippen molar-refractivity contribution >= 4 is 34.9 Å². The Kier molecular flexibility index (Phi) is 5.56. The van der Waals surface area contributed by atoms with E-state index in [0.717, 1.165) is 11.3 Å². The van der Waals surface area contributed by atoms with Crippen LogP contribution >= 0.6 is 12.2 Å². The van der Waals surface area contributed by atoms with Crippen LogP contribution in [0.1, 0.15) is 31.9 Å². The molecule has 0 spiro atoms. The van der Waals surface area contributed by atoms with Crippen LogP contribution < -0.4 is 10.6 Å². The SMILES string of the molecule is CCC(=O)Nc1cccc(C2NC(=S)N(C)C(C)=C2C(=O)OC)c1. The highest BCUT2D eigenvalue weighted by Crippen LogP contribution is 2.31. The zero-order valence-electron chi connectivity index (χ0n) is 14.2. The van der Waals surface area contributed by atoms with Crippen LogP contribution in [-0.2, 0) is 14.3 Å². The molecule has 0 aliphatic carbocycles. The number of hydrogen-bond donors (Lipinski definition) is 2. The second-order valence-corrected chi connectivity index (χ2v) is 5.85. The van der Waals surface area contributed by atoms with Crippen LogP contribution in [0.4, 0.5) is 5.69 Å². The fourth-order valence-electron chi connectivity index (χ4n) is 2.51. The number of carbonyl (C=O) groups is 2. The molecule has 0 radical (unpaired) electrons. The van der Waals surface area contributed by atoms with Crippen molar-refractivity contribution in [2.75, 3.05) is 19.5 Å². The lowest BCUT2D eigenvalue weighted by molar-refractivity contribution is -0.136. The maximum Gasteiger partial charge on any atom is 0.337 e. The predicted molar refractivity (Wildman–Crippen MR) is 96.3 cm³/mol. The number of rotatable bonds is 4. The van der Waals surface area contributed by atoms with Crippen molar-refractivity contribution in [1.29, 1.82) is 0 Å². The molecule has 1 amide bonds. The van der Waals surface area contributed by atoms with Crippen molar-refractivity contribution in [2.24, 2.45) is 0 Å². The van der Waals surface area contributed by atoms with E-state index in [9.17, 15) is 9.59 Å². The molecule has 1 aromatic carbocycles. The van der Waals surface area contributed by atoms with E-state index in [2.05, 4.69) is 10.6 Å². The minimum atomic E-state index is -0.431. The highest BCUT2D eigenvalue weighted by molar-refractivity contribution is 7.80. The van der Waals surface area contributed by atoms with Gasteiger partial charge in [-0.1, -0.05) is 19.1 Å². The van der Waals surface area contributed by atoms with Gasteiger partial charge in [-0.25, -0.2) is 4.79 Å². The van der Waals surface area contributed by atoms with E-state index < -0.39 is 12.0 Å². The average Bonchev–Trinajstić information content (AvgIpc) is 2.58. The Bertz CT molecular complexity index is 715. The van der Waals surface area contributed by atoms with Gasteiger partial charge in [0.05, 0.1) is 18.7 Å². The molecule has 2 N–H and O–H groups in total. The van der Waals surface area contributed by atoms with Crippen LogP contribution in [0.15, 0.2) is 35.5 Å². The molecule has 1 aliphatic rings. The molecule has 1 heterocycles. The number of methoxy groups -OCH3 is 1. The lowest BCUT2D eigenvalue weighted by Crippen LogP contribution is -2.46. The Morgan fingerprint density at radius 3 is 2.75 bits per heavy atom. The normalized spacial score (nSPS) is 17.4. The molecule has 0 fully saturated rings. The number of benzene rings is 1. The van der Waals surface area contributed by atoms with E-state index in [0.29, 0.717) is 22.8 Å². The summed E-state index contributed by atoms with van der Waals surface area (Å²) in [6.45, 7) is 3.62. The van der Waals surface area contributed by atoms with Gasteiger partial charge >= 0.3 is 5.97 Å². The van der Waals surface area contributed by atoms with E-state index in [1.807, 2.05) is 25.1 Å². The van der Waals surface area contributed by atoms with E-state index in [1.165, 1.54) is 7.11 Å². The second-order valence-electron chi connectivity index (χ2n) is 5.46. The Balaban J connectivity index is 2.45. The Morgan fingerprint density at radius 2 is 2.12 bits per heavy atom. The number of hydrogen-bond acceptors (Lipinski definition) is 4. The maximum absolute atomic E-state index is 12.3. The predicted octanol–water partition coefficient (Wildman–Crippen LogP) is 2.34. The molecule has 128 valence electrons. The van der Waals surface area contributed by atoms with Gasteiger partial charge in [0.2, 0.25) is 5.91 Å². The fourth-order valence-corrected chi connectivity index (χ4v) is 2.76. The first-order chi connectivity index (χ1) is 11.4. The van der Waals surface area contributed by atoms with Gasteiger partial charge in [-0.3, -0.25) is 4.79 Å². The molecular weight excluding hydrogens is 326 g/mol. The summed E-state index contributed by atoms with van der Waals surface area (Å²) in [6.07, 6.45) is 0.396. The molecule has 1 unspecified atom stereocenters. The van der Waals surface area contributed by atoms with Gasteiger partial charge in [0.15, 0.2) is 5.11 Å². The van der Waals surface area contributed by atoms with Crippen molar-refractivity contribution in [1.82, 2.24) is 10.2 Å². The minimum Gasteiger partial charge on any atom is -0.466 e. The molecule has 0 saturated carbocycles. The molecule has 7 heteroatoms. The van der Waals surface area contributed by atoms with Crippen molar-refractivity contribution in [3.8, 4) is 0 Å². The monoisotopic (exact) mass is 347 g/mol. The minimum absolute atomic E-state index is 0.0704. The highest BCUT2D eigenvalue weighted by Gasteiger charge is 2.33. The topological polar surface area (TPSA) is 70.7 Å². The van der Waals surface area contributed by atoms with Crippen LogP contribution in [0.25, 0.3) is 0 Å². The van der Waals surface area contributed by atoms with Crippen LogP contribution in [0, 0.1) is 0 Å². The molecule has 24 heavy (non-hydrogen) atoms. The number of esters is 1. The number of allylic oxidation sites excluding steroid dienone is 1. The first kappa shape index (κ1) is 17.9. The molecule has 0 aromatic heterocycles. The van der Waals surface area contributed by atoms with Crippen LogP contribution in [0.2, 0.25) is 0 Å². The van der Waals surface area contributed by atoms with Crippen LogP contribution in [0.3, 0.4) is 0 Å². The molecule has 2 rings (SSSR count). The summed E-state index contributed by atoms with van der Waals surface area (Å²) in [5, 5.41) is 6.50. The summed E-state index contributed by atoms with van der Waals surface area (Å²) in [6, 6.07) is 6.91. The summed E-state index contributed by atoms with van der Waals surface area (Å²) in [5.74, 6) is -0.485. The summed E-state index contributed by atoms with van der Waals surface area (Å²) in [4.78, 5) is 25.6. The standard InChI is InChI=1S/C17H21N3O3S/c1-5-13(21)18-12-8-6-7-11(9-12)15-14(16(22)23-4)10(2)20(3)17(24)19-15/h6-9,15H,5H2,1-4H3,(H,18,21)(H,19,24). The average molecular weight is 347 g/mol. The highest BCUT2D eigenvalue weighted by atomic mass is 32.1. The van der Waals surface area contributed by atoms with Crippen LogP contribution in [0.5, 0.6) is 0 Å². The number of ether oxygens (including phenoxy) is 1. The van der Waals surface area contributed by atoms with E-state index in [1.54, 1.807) is 24.9 Å². The number of anilines is 1. The van der Waals surface area contributed by atoms with Gasteiger partial charge in [0.25, 0.3) is 0 Å². The first-order valence-corrected chi connectivity index (χ1v) is 8.03. The zero-order chi connectivity index (χ0) is 17.9. The van der Waals surface area contributed by atoms with Gasteiger partial charge in [0.1, 0.15) is 0 Å². The largest absolute Gasteiger partial charge is 0.466 e. The summed E-state index contributed by atoms with van der Waals surface area (Å²) >= 11 is 5.34. The van der Waals surface area contributed by atoms with E-state index >= 15 is 0 Å². The molecule has 1 atom stereocenters. The third-order valence-corrected chi connectivity index (χ3v) is 4.38. The number of thiocarbonyl (C=S) groups is 1. The van der Waals surface area contributed by atoms with Crippen molar-refractivity contribution in [3.05, 3.63) is 41.1 Å². The van der Waals surface area contributed by atoms with Gasteiger partial charge in [-0.2, -0.15) is 0 Å². The molecule has 6 nitrogen and oxygen atoms in total. The van der Waals surface area contributed by atoms with Crippen LogP contribution in [-0.4, -0.2) is 36.0 Å². The lowest BCUT2D eigenvalue weighted by atomic mass is 9.95. The maximum atomic E-state index is 12.3. The Labute approximate surface area is 146 Å². The van der Waals surface area contributed by atoms with E-state index in [4.69, 9.17) is 17.0 Å². The number of nitrogens with zero attached hydrogens (tertiary/aromatic N) is 1. The second kappa shape index (κ2) is 7.44. The quantitative estimate of drug-likeness (QED) is 0.644.